The molecule has 1 aromatic rings. The van der Waals surface area contributed by atoms with Crippen molar-refractivity contribution in [1.29, 1.82) is 5.41 Å². The number of rotatable bonds is 4. The Labute approximate surface area is 118 Å². The lowest BCUT2D eigenvalue weighted by Crippen LogP contribution is -2.11. The van der Waals surface area contributed by atoms with E-state index < -0.39 is 28.3 Å². The number of esters is 1. The van der Waals surface area contributed by atoms with Gasteiger partial charge in [-0.2, -0.15) is 0 Å². The van der Waals surface area contributed by atoms with E-state index >= 15 is 0 Å². The molecule has 0 fully saturated rings. The molecule has 0 spiro atoms. The summed E-state index contributed by atoms with van der Waals surface area (Å²) < 4.78 is 17.9. The number of hydrogen-bond donors (Lipinski definition) is 2. The minimum atomic E-state index is -0.929. The molecule has 0 unspecified atom stereocenters. The first kappa shape index (κ1) is 15.4. The standard InChI is InChI=1S/C11H9Cl2FN2O3/c1-2-19-11(18)6(4-15)8(17)5-3-7(14)10(13)16-9(5)12/h3-4,15,17H,2H2,1H3. The number of aliphatic hydroxyl groups excluding tert-OH is 1. The van der Waals surface area contributed by atoms with Gasteiger partial charge in [0.1, 0.15) is 16.5 Å². The summed E-state index contributed by atoms with van der Waals surface area (Å²) in [4.78, 5) is 14.9. The minimum Gasteiger partial charge on any atom is -0.506 e. The lowest BCUT2D eigenvalue weighted by Gasteiger charge is -2.08. The molecule has 1 rings (SSSR count). The molecule has 0 saturated heterocycles. The van der Waals surface area contributed by atoms with Gasteiger partial charge in [0.25, 0.3) is 0 Å². The third-order valence-corrected chi connectivity index (χ3v) is 2.59. The van der Waals surface area contributed by atoms with Crippen molar-refractivity contribution in [3.8, 4) is 0 Å². The van der Waals surface area contributed by atoms with Crippen LogP contribution in [0.25, 0.3) is 5.76 Å². The molecule has 0 amide bonds. The van der Waals surface area contributed by atoms with Gasteiger partial charge in [-0.1, -0.05) is 23.2 Å². The summed E-state index contributed by atoms with van der Waals surface area (Å²) in [5.41, 5.74) is -0.720. The van der Waals surface area contributed by atoms with E-state index in [-0.39, 0.29) is 17.3 Å². The highest BCUT2D eigenvalue weighted by molar-refractivity contribution is 6.33. The molecule has 0 radical (unpaired) electrons. The zero-order valence-corrected chi connectivity index (χ0v) is 11.2. The van der Waals surface area contributed by atoms with Crippen LogP contribution in [0.15, 0.2) is 11.6 Å². The van der Waals surface area contributed by atoms with Crippen molar-refractivity contribution in [2.45, 2.75) is 6.92 Å². The van der Waals surface area contributed by atoms with Gasteiger partial charge in [0.15, 0.2) is 11.0 Å². The number of carbonyl (C=O) groups excluding carboxylic acids is 1. The number of nitrogens with one attached hydrogen (secondary N) is 1. The maximum atomic E-state index is 13.3. The zero-order valence-electron chi connectivity index (χ0n) is 9.71. The van der Waals surface area contributed by atoms with Crippen LogP contribution in [-0.4, -0.2) is 28.9 Å². The molecule has 0 aliphatic rings. The molecule has 0 aliphatic heterocycles. The molecule has 5 nitrogen and oxygen atoms in total. The van der Waals surface area contributed by atoms with Crippen LogP contribution in [0.3, 0.4) is 0 Å². The fourth-order valence-corrected chi connectivity index (χ4v) is 1.60. The molecule has 19 heavy (non-hydrogen) atoms. The Bertz CT molecular complexity index is 561. The van der Waals surface area contributed by atoms with Crippen molar-refractivity contribution in [2.24, 2.45) is 0 Å². The average Bonchev–Trinajstić information content (AvgIpc) is 2.34. The van der Waals surface area contributed by atoms with Gasteiger partial charge in [-0.3, -0.25) is 0 Å². The predicted octanol–water partition coefficient (Wildman–Crippen LogP) is 3.01. The summed E-state index contributed by atoms with van der Waals surface area (Å²) in [5.74, 6) is -2.55. The van der Waals surface area contributed by atoms with Crippen LogP contribution in [0.1, 0.15) is 12.5 Å². The van der Waals surface area contributed by atoms with Gasteiger partial charge < -0.3 is 15.3 Å². The summed E-state index contributed by atoms with van der Waals surface area (Å²) in [6.07, 6.45) is 0.580. The summed E-state index contributed by atoms with van der Waals surface area (Å²) >= 11 is 11.1. The first-order valence-corrected chi connectivity index (χ1v) is 5.80. The second-order valence-electron chi connectivity index (χ2n) is 3.23. The number of nitrogens with zero attached hydrogens (tertiary/aromatic N) is 1. The molecule has 0 aliphatic carbocycles. The second kappa shape index (κ2) is 6.49. The van der Waals surface area contributed by atoms with Crippen molar-refractivity contribution >= 4 is 41.1 Å². The van der Waals surface area contributed by atoms with Crippen LogP contribution < -0.4 is 0 Å². The van der Waals surface area contributed by atoms with Crippen LogP contribution in [0.2, 0.25) is 10.3 Å². The second-order valence-corrected chi connectivity index (χ2v) is 3.94. The molecular weight excluding hydrogens is 298 g/mol. The van der Waals surface area contributed by atoms with E-state index in [1.807, 2.05) is 0 Å². The largest absolute Gasteiger partial charge is 0.506 e. The van der Waals surface area contributed by atoms with E-state index in [1.165, 1.54) is 0 Å². The topological polar surface area (TPSA) is 83.3 Å². The molecular formula is C11H9Cl2FN2O3. The highest BCUT2D eigenvalue weighted by Gasteiger charge is 2.20. The predicted molar refractivity (Wildman–Crippen MR) is 69.2 cm³/mol. The molecule has 0 saturated carbocycles. The summed E-state index contributed by atoms with van der Waals surface area (Å²) in [7, 11) is 0. The smallest absolute Gasteiger partial charge is 0.343 e. The molecule has 1 aromatic heterocycles. The number of carbonyl (C=O) groups is 1. The summed E-state index contributed by atoms with van der Waals surface area (Å²) in [6, 6.07) is 0.815. The van der Waals surface area contributed by atoms with Gasteiger partial charge >= 0.3 is 5.97 Å². The first-order chi connectivity index (χ1) is 8.92. The number of aromatic nitrogens is 1. The Morgan fingerprint density at radius 2 is 2.21 bits per heavy atom. The normalized spacial score (nSPS) is 11.8. The quantitative estimate of drug-likeness (QED) is 0.294. The van der Waals surface area contributed by atoms with Crippen LogP contribution in [-0.2, 0) is 9.53 Å². The van der Waals surface area contributed by atoms with Crippen LogP contribution >= 0.6 is 23.2 Å². The fourth-order valence-electron chi connectivity index (χ4n) is 1.19. The third-order valence-electron chi connectivity index (χ3n) is 2.04. The van der Waals surface area contributed by atoms with E-state index in [2.05, 4.69) is 9.72 Å². The SMILES string of the molecule is CCOC(=O)C(C=N)=C(O)c1cc(F)c(Cl)nc1Cl. The first-order valence-electron chi connectivity index (χ1n) is 5.05. The van der Waals surface area contributed by atoms with E-state index in [0.29, 0.717) is 6.21 Å². The van der Waals surface area contributed by atoms with Crippen molar-refractivity contribution < 1.29 is 19.0 Å². The summed E-state index contributed by atoms with van der Waals surface area (Å²) in [5, 5.41) is 16.2. The van der Waals surface area contributed by atoms with E-state index in [4.69, 9.17) is 28.6 Å². The molecule has 1 heterocycles. The van der Waals surface area contributed by atoms with Gasteiger partial charge in [0.05, 0.1) is 12.2 Å². The van der Waals surface area contributed by atoms with Crippen LogP contribution in [0, 0.1) is 11.2 Å². The number of aliphatic hydroxyl groups is 1. The van der Waals surface area contributed by atoms with Crippen molar-refractivity contribution in [1.82, 2.24) is 4.98 Å². The molecule has 102 valence electrons. The third kappa shape index (κ3) is 3.42. The molecule has 0 aromatic carbocycles. The van der Waals surface area contributed by atoms with Crippen LogP contribution in [0.4, 0.5) is 4.39 Å². The molecule has 8 heteroatoms. The number of halogens is 3. The lowest BCUT2D eigenvalue weighted by atomic mass is 10.1. The Morgan fingerprint density at radius 1 is 1.58 bits per heavy atom. The van der Waals surface area contributed by atoms with E-state index in [1.54, 1.807) is 6.92 Å². The number of hydrogen-bond acceptors (Lipinski definition) is 5. The van der Waals surface area contributed by atoms with Gasteiger partial charge in [-0.25, -0.2) is 14.2 Å². The van der Waals surface area contributed by atoms with Crippen molar-refractivity contribution in [3.05, 3.63) is 33.3 Å². The zero-order chi connectivity index (χ0) is 14.6. The van der Waals surface area contributed by atoms with Gasteiger partial charge in [0.2, 0.25) is 0 Å². The Hall–Kier alpha value is -1.66. The number of ether oxygens (including phenoxy) is 1. The van der Waals surface area contributed by atoms with Gasteiger partial charge in [-0.15, -0.1) is 0 Å². The fraction of sp³-hybridized carbons (Fsp3) is 0.182. The van der Waals surface area contributed by atoms with Gasteiger partial charge in [-0.05, 0) is 13.0 Å². The van der Waals surface area contributed by atoms with Gasteiger partial charge in [0, 0.05) is 6.21 Å². The Balaban J connectivity index is 3.37. The average molecular weight is 307 g/mol. The van der Waals surface area contributed by atoms with E-state index in [9.17, 15) is 14.3 Å². The van der Waals surface area contributed by atoms with E-state index in [0.717, 1.165) is 6.07 Å². The highest BCUT2D eigenvalue weighted by Crippen LogP contribution is 2.26. The maximum Gasteiger partial charge on any atom is 0.343 e. The highest BCUT2D eigenvalue weighted by atomic mass is 35.5. The minimum absolute atomic E-state index is 0.0599. The molecule has 2 N–H and O–H groups in total. The molecule has 0 bridgehead atoms. The Morgan fingerprint density at radius 3 is 2.74 bits per heavy atom. The van der Waals surface area contributed by atoms with Crippen molar-refractivity contribution in [2.75, 3.05) is 6.61 Å². The number of pyridine rings is 1. The van der Waals surface area contributed by atoms with Crippen LogP contribution in [0.5, 0.6) is 0 Å². The van der Waals surface area contributed by atoms with Crippen molar-refractivity contribution in [3.63, 3.8) is 0 Å². The Kier molecular flexibility index (Phi) is 5.26. The molecule has 0 atom stereocenters. The maximum absolute atomic E-state index is 13.3. The summed E-state index contributed by atoms with van der Waals surface area (Å²) in [6.45, 7) is 1.62. The monoisotopic (exact) mass is 306 g/mol. The lowest BCUT2D eigenvalue weighted by molar-refractivity contribution is -0.137.